The number of anilines is 3. The summed E-state index contributed by atoms with van der Waals surface area (Å²) in [7, 11) is -1.08. The summed E-state index contributed by atoms with van der Waals surface area (Å²) in [6.07, 6.45) is 4.96. The van der Waals surface area contributed by atoms with Crippen molar-refractivity contribution in [1.82, 2.24) is 20.6 Å². The molecule has 0 spiro atoms. The van der Waals surface area contributed by atoms with Crippen LogP contribution in [0.25, 0.3) is 0 Å². The summed E-state index contributed by atoms with van der Waals surface area (Å²) >= 11 is 0. The van der Waals surface area contributed by atoms with Gasteiger partial charge in [-0.3, -0.25) is 13.8 Å². The molecular weight excluding hydrogens is 430 g/mol. The van der Waals surface area contributed by atoms with E-state index in [9.17, 15) is 13.8 Å². The third-order valence-electron chi connectivity index (χ3n) is 5.69. The van der Waals surface area contributed by atoms with Crippen LogP contribution in [0.3, 0.4) is 0 Å². The van der Waals surface area contributed by atoms with Crippen LogP contribution in [0.2, 0.25) is 0 Å². The van der Waals surface area contributed by atoms with Crippen molar-refractivity contribution in [3.63, 3.8) is 0 Å². The largest absolute Gasteiger partial charge is 0.364 e. The minimum absolute atomic E-state index is 0.0355. The SMILES string of the molecule is CS(=O)c1ccc(Nc2nc(N3CCCC(NC(=O)C4CNC4)C3)cnc2C(N)=O)cc1. The van der Waals surface area contributed by atoms with E-state index in [0.717, 1.165) is 32.5 Å². The Bertz CT molecular complexity index is 1030. The molecule has 5 N–H and O–H groups in total. The van der Waals surface area contributed by atoms with Crippen LogP contribution >= 0.6 is 0 Å². The van der Waals surface area contributed by atoms with E-state index in [1.165, 1.54) is 6.20 Å². The van der Waals surface area contributed by atoms with Crippen molar-refractivity contribution in [2.75, 3.05) is 42.7 Å². The maximum Gasteiger partial charge on any atom is 0.271 e. The van der Waals surface area contributed by atoms with Crippen molar-refractivity contribution >= 4 is 39.9 Å². The Hall–Kier alpha value is -3.05. The molecule has 2 aliphatic heterocycles. The van der Waals surface area contributed by atoms with Gasteiger partial charge in [0.05, 0.1) is 12.1 Å². The molecule has 2 unspecified atom stereocenters. The van der Waals surface area contributed by atoms with Crippen molar-refractivity contribution in [1.29, 1.82) is 0 Å². The molecule has 0 aliphatic carbocycles. The lowest BCUT2D eigenvalue weighted by Crippen LogP contribution is -2.55. The molecule has 32 heavy (non-hydrogen) atoms. The van der Waals surface area contributed by atoms with E-state index in [2.05, 4.69) is 30.8 Å². The van der Waals surface area contributed by atoms with Crippen molar-refractivity contribution in [2.45, 2.75) is 23.8 Å². The Morgan fingerprint density at radius 2 is 2.00 bits per heavy atom. The highest BCUT2D eigenvalue weighted by Crippen LogP contribution is 2.24. The van der Waals surface area contributed by atoms with Crippen molar-refractivity contribution in [3.8, 4) is 0 Å². The first kappa shape index (κ1) is 22.2. The molecule has 2 aromatic rings. The summed E-state index contributed by atoms with van der Waals surface area (Å²) in [5.74, 6) is 0.313. The van der Waals surface area contributed by atoms with Crippen LogP contribution in [0, 0.1) is 5.92 Å². The van der Waals surface area contributed by atoms with Gasteiger partial charge in [-0.2, -0.15) is 0 Å². The number of amides is 2. The Morgan fingerprint density at radius 1 is 1.25 bits per heavy atom. The fraction of sp³-hybridized carbons (Fsp3) is 0.429. The summed E-state index contributed by atoms with van der Waals surface area (Å²) in [5, 5.41) is 9.35. The molecule has 11 heteroatoms. The minimum atomic E-state index is -1.08. The van der Waals surface area contributed by atoms with Gasteiger partial charge in [0.1, 0.15) is 5.82 Å². The van der Waals surface area contributed by atoms with Crippen molar-refractivity contribution in [3.05, 3.63) is 36.2 Å². The smallest absolute Gasteiger partial charge is 0.271 e. The van der Waals surface area contributed by atoms with Crippen LogP contribution in [0.15, 0.2) is 35.4 Å². The number of hydrogen-bond donors (Lipinski definition) is 4. The molecule has 2 atom stereocenters. The highest BCUT2D eigenvalue weighted by Gasteiger charge is 2.29. The summed E-state index contributed by atoms with van der Waals surface area (Å²) in [4.78, 5) is 35.8. The van der Waals surface area contributed by atoms with E-state index >= 15 is 0 Å². The second kappa shape index (κ2) is 9.61. The molecule has 4 rings (SSSR count). The number of rotatable bonds is 7. The highest BCUT2D eigenvalue weighted by atomic mass is 32.2. The Kier molecular flexibility index (Phi) is 6.66. The number of benzene rings is 1. The molecule has 0 saturated carbocycles. The second-order valence-corrected chi connectivity index (χ2v) is 9.42. The van der Waals surface area contributed by atoms with E-state index in [4.69, 9.17) is 5.73 Å². The van der Waals surface area contributed by atoms with Crippen molar-refractivity contribution in [2.24, 2.45) is 11.7 Å². The van der Waals surface area contributed by atoms with Crippen LogP contribution in [0.4, 0.5) is 17.3 Å². The molecule has 0 radical (unpaired) electrons. The van der Waals surface area contributed by atoms with E-state index in [1.54, 1.807) is 30.5 Å². The topological polar surface area (TPSA) is 142 Å². The lowest BCUT2D eigenvalue weighted by Gasteiger charge is -2.35. The van der Waals surface area contributed by atoms with Gasteiger partial charge in [-0.05, 0) is 37.1 Å². The van der Waals surface area contributed by atoms with Gasteiger partial charge < -0.3 is 26.6 Å². The zero-order chi connectivity index (χ0) is 22.7. The standard InChI is InChI=1S/C21H27N7O3S/c1-32(31)16-6-4-14(5-7-16)25-20-18(19(22)29)24-11-17(27-20)28-8-2-3-15(12-28)26-21(30)13-9-23-10-13/h4-7,11,13,15,23H,2-3,8-10,12H2,1H3,(H2,22,29)(H,25,27)(H,26,30). The van der Waals surface area contributed by atoms with E-state index in [1.807, 2.05) is 0 Å². The van der Waals surface area contributed by atoms with Crippen molar-refractivity contribution < 1.29 is 13.8 Å². The second-order valence-electron chi connectivity index (χ2n) is 8.04. The van der Waals surface area contributed by atoms with E-state index in [-0.39, 0.29) is 29.4 Å². The minimum Gasteiger partial charge on any atom is -0.364 e. The summed E-state index contributed by atoms with van der Waals surface area (Å²) in [6.45, 7) is 2.85. The first-order valence-corrected chi connectivity index (χ1v) is 12.1. The fourth-order valence-electron chi connectivity index (χ4n) is 3.76. The quantitative estimate of drug-likeness (QED) is 0.467. The zero-order valence-electron chi connectivity index (χ0n) is 17.8. The van der Waals surface area contributed by atoms with Gasteiger partial charge in [0.15, 0.2) is 11.5 Å². The Labute approximate surface area is 188 Å². The number of aromatic nitrogens is 2. The molecule has 10 nitrogen and oxygen atoms in total. The molecule has 1 aromatic carbocycles. The number of hydrogen-bond acceptors (Lipinski definition) is 8. The van der Waals surface area contributed by atoms with E-state index in [0.29, 0.717) is 22.9 Å². The molecule has 170 valence electrons. The maximum absolute atomic E-state index is 12.3. The molecule has 3 heterocycles. The molecular formula is C21H27N7O3S. The van der Waals surface area contributed by atoms with Gasteiger partial charge in [0, 0.05) is 59.9 Å². The molecule has 0 bridgehead atoms. The highest BCUT2D eigenvalue weighted by molar-refractivity contribution is 7.84. The molecule has 1 aromatic heterocycles. The number of primary amides is 1. The Morgan fingerprint density at radius 3 is 2.62 bits per heavy atom. The first-order valence-electron chi connectivity index (χ1n) is 10.5. The van der Waals surface area contributed by atoms with Crippen LogP contribution in [0.5, 0.6) is 0 Å². The summed E-state index contributed by atoms with van der Waals surface area (Å²) < 4.78 is 11.6. The number of nitrogens with one attached hydrogen (secondary N) is 3. The van der Waals surface area contributed by atoms with Crippen LogP contribution in [-0.2, 0) is 15.6 Å². The monoisotopic (exact) mass is 457 g/mol. The predicted molar refractivity (Wildman–Crippen MR) is 122 cm³/mol. The van der Waals surface area contributed by atoms with Gasteiger partial charge in [-0.1, -0.05) is 0 Å². The Balaban J connectivity index is 1.50. The third-order valence-corrected chi connectivity index (χ3v) is 6.62. The van der Waals surface area contributed by atoms with Crippen LogP contribution < -0.4 is 26.6 Å². The third kappa shape index (κ3) is 5.05. The number of nitrogens with zero attached hydrogens (tertiary/aromatic N) is 3. The van der Waals surface area contributed by atoms with Crippen LogP contribution in [0.1, 0.15) is 23.3 Å². The average molecular weight is 458 g/mol. The van der Waals surface area contributed by atoms with Crippen LogP contribution in [-0.4, -0.2) is 64.5 Å². The molecule has 2 fully saturated rings. The maximum atomic E-state index is 12.3. The van der Waals surface area contributed by atoms with Gasteiger partial charge in [0.2, 0.25) is 5.91 Å². The number of carbonyl (C=O) groups is 2. The van der Waals surface area contributed by atoms with Gasteiger partial charge in [-0.15, -0.1) is 0 Å². The molecule has 2 aliphatic rings. The fourth-order valence-corrected chi connectivity index (χ4v) is 4.28. The first-order chi connectivity index (χ1) is 15.4. The lowest BCUT2D eigenvalue weighted by atomic mass is 10.00. The average Bonchev–Trinajstić information content (AvgIpc) is 2.73. The number of nitrogens with two attached hydrogens (primary N) is 1. The normalized spacial score (nSPS) is 19.7. The summed E-state index contributed by atoms with van der Waals surface area (Å²) in [6, 6.07) is 7.05. The number of piperidine rings is 1. The van der Waals surface area contributed by atoms with Gasteiger partial charge in [0.25, 0.3) is 5.91 Å². The van der Waals surface area contributed by atoms with E-state index < -0.39 is 16.7 Å². The molecule has 2 amide bonds. The predicted octanol–water partition coefficient (Wildman–Crippen LogP) is 0.361. The van der Waals surface area contributed by atoms with Gasteiger partial charge >= 0.3 is 0 Å². The van der Waals surface area contributed by atoms with Gasteiger partial charge in [-0.25, -0.2) is 9.97 Å². The zero-order valence-corrected chi connectivity index (χ0v) is 18.7. The lowest BCUT2D eigenvalue weighted by molar-refractivity contribution is -0.127. The molecule has 2 saturated heterocycles. The summed E-state index contributed by atoms with van der Waals surface area (Å²) in [5.41, 5.74) is 6.21. The number of carbonyl (C=O) groups excluding carboxylic acids is 2.